The van der Waals surface area contributed by atoms with E-state index >= 15 is 4.79 Å². The molecular weight excluding hydrogens is 1010 g/mol. The highest BCUT2D eigenvalue weighted by Crippen LogP contribution is 2.85. The van der Waals surface area contributed by atoms with Crippen LogP contribution >= 0.6 is 0 Å². The van der Waals surface area contributed by atoms with Gasteiger partial charge in [-0.15, -0.1) is 0 Å². The van der Waals surface area contributed by atoms with Crippen LogP contribution < -0.4 is 0 Å². The predicted octanol–water partition coefficient (Wildman–Crippen LogP) is 19.1. The zero-order valence-corrected chi connectivity index (χ0v) is 41.7. The summed E-state index contributed by atoms with van der Waals surface area (Å²) < 4.78 is 0. The molecule has 0 atom stereocenters. The van der Waals surface area contributed by atoms with Gasteiger partial charge in [-0.05, 0) is 319 Å². The average Bonchev–Trinajstić information content (AvgIpc) is 1.39. The van der Waals surface area contributed by atoms with Gasteiger partial charge in [0.1, 0.15) is 28.8 Å². The first kappa shape index (κ1) is 32.1. The smallest absolute Gasteiger partial charge is 0.209 e. The number of nitrogens with zero attached hydrogens (tertiary/aromatic N) is 3. The fourth-order valence-electron chi connectivity index (χ4n) is 26.9. The Kier molecular flexibility index (Phi) is 2.94. The zero-order valence-electron chi connectivity index (χ0n) is 41.7. The minimum Gasteiger partial charge on any atom is -0.377 e. The van der Waals surface area contributed by atoms with Crippen LogP contribution in [0.15, 0.2) is 53.2 Å². The average molecular weight is 1020 g/mol. The molecule has 30 aromatic carbocycles. The van der Waals surface area contributed by atoms with Crippen molar-refractivity contribution in [1.82, 2.24) is 0 Å². The molecule has 5 nitrogen and oxygen atoms in total. The van der Waals surface area contributed by atoms with E-state index in [2.05, 4.69) is 24.3 Å². The largest absolute Gasteiger partial charge is 0.377 e. The van der Waals surface area contributed by atoms with E-state index in [1.165, 1.54) is 195 Å². The first-order chi connectivity index (χ1) is 41.2. The molecule has 5 aliphatic carbocycles. The second-order valence-electron chi connectivity index (χ2n) is 28.3. The molecule has 0 saturated heterocycles. The fourth-order valence-corrected chi connectivity index (χ4v) is 26.9. The molecule has 0 N–H and O–H groups in total. The SMILES string of the molecule is N#CC(C#N)=C1c2ccccc2C(=O)c2cc(C3=NOC45c6c7c8c9c%10c%11c(c%12c%13c4c4c6c6c%14c7c7c8c8c%10c%10c%15c%11c%11c%12c%12c%13c%13c4c4c6c6c%14c%14c7c7c8c%10c8c%10c%15c%11c%11c%12c%12c%13c4c4c6c6c%14c7c8c7c%10c%11c%12c4c67)C395)ccc21. The second kappa shape index (κ2) is 7.61. The normalized spacial score (nSPS) is 21.0. The third kappa shape index (κ3) is 1.85. The number of benzene rings is 20. The van der Waals surface area contributed by atoms with Crippen molar-refractivity contribution >= 4 is 308 Å². The molecule has 0 amide bonds. The van der Waals surface area contributed by atoms with Crippen LogP contribution in [0.4, 0.5) is 0 Å². The maximum Gasteiger partial charge on any atom is 0.209 e. The quantitative estimate of drug-likeness (QED) is 0.121. The first-order valence-electron chi connectivity index (χ1n) is 29.6. The molecule has 0 saturated carbocycles. The number of allylic oxidation sites excluding steroid dienone is 1. The van der Waals surface area contributed by atoms with Gasteiger partial charge in [0.05, 0.1) is 0 Å². The Labute approximate surface area is 451 Å². The Morgan fingerprint density at radius 2 is 0.590 bits per heavy atom. The summed E-state index contributed by atoms with van der Waals surface area (Å²) in [6.07, 6.45) is 0. The summed E-state index contributed by atoms with van der Waals surface area (Å²) in [6, 6.07) is 18.3. The van der Waals surface area contributed by atoms with Crippen LogP contribution in [0.25, 0.3) is 296 Å². The third-order valence-corrected chi connectivity index (χ3v) is 27.6. The molecule has 1 heterocycles. The molecule has 0 aromatic heterocycles. The number of ketones is 1. The Bertz CT molecular complexity index is 8350. The van der Waals surface area contributed by atoms with E-state index in [1.807, 2.05) is 30.3 Å². The predicted molar refractivity (Wildman–Crippen MR) is 335 cm³/mol. The van der Waals surface area contributed by atoms with Crippen LogP contribution in [0.2, 0.25) is 0 Å². The Balaban J connectivity index is 0.958. The van der Waals surface area contributed by atoms with Crippen LogP contribution in [0.1, 0.15) is 54.9 Å². The monoisotopic (exact) mass is 1020 g/mol. The summed E-state index contributed by atoms with van der Waals surface area (Å²) in [5.41, 5.74) is 7.98. The zero-order chi connectivity index (χ0) is 50.5. The van der Waals surface area contributed by atoms with Crippen molar-refractivity contribution in [3.63, 3.8) is 0 Å². The lowest BCUT2D eigenvalue weighted by atomic mass is 9.52. The van der Waals surface area contributed by atoms with Gasteiger partial charge in [-0.3, -0.25) is 4.79 Å². The van der Waals surface area contributed by atoms with Gasteiger partial charge in [-0.1, -0.05) is 41.6 Å². The number of fused-ring (bicyclic) bond motifs is 2. The summed E-state index contributed by atoms with van der Waals surface area (Å²) in [5.74, 6) is -0.107. The van der Waals surface area contributed by atoms with Crippen LogP contribution in [0.3, 0.4) is 0 Å². The summed E-state index contributed by atoms with van der Waals surface area (Å²) in [4.78, 5) is 23.6. The summed E-state index contributed by atoms with van der Waals surface area (Å²) in [7, 11) is 0. The summed E-state index contributed by atoms with van der Waals surface area (Å²) in [6.45, 7) is 0. The molecule has 2 spiro atoms. The van der Waals surface area contributed by atoms with Gasteiger partial charge in [-0.2, -0.15) is 10.5 Å². The maximum absolute atomic E-state index is 15.4. The van der Waals surface area contributed by atoms with Gasteiger partial charge in [0.25, 0.3) is 0 Å². The number of nitriles is 2. The molecule has 36 rings (SSSR count). The van der Waals surface area contributed by atoms with Gasteiger partial charge < -0.3 is 4.84 Å². The minimum atomic E-state index is -1.07. The first-order valence-corrected chi connectivity index (χ1v) is 29.6. The molecule has 0 fully saturated rings. The van der Waals surface area contributed by atoms with Crippen molar-refractivity contribution < 1.29 is 9.63 Å². The lowest BCUT2D eigenvalue weighted by molar-refractivity contribution is -0.0122. The summed E-state index contributed by atoms with van der Waals surface area (Å²) >= 11 is 0. The van der Waals surface area contributed by atoms with Crippen molar-refractivity contribution in [2.75, 3.05) is 0 Å². The lowest BCUT2D eigenvalue weighted by Crippen LogP contribution is -2.54. The Morgan fingerprint density at radius 3 is 0.892 bits per heavy atom. The van der Waals surface area contributed by atoms with Crippen LogP contribution in [-0.4, -0.2) is 11.5 Å². The molecular formula is C78H7N3O2. The minimum absolute atomic E-state index is 0.00282. The Hall–Kier alpha value is -11.2. The van der Waals surface area contributed by atoms with E-state index in [-0.39, 0.29) is 11.4 Å². The van der Waals surface area contributed by atoms with Crippen molar-refractivity contribution in [3.05, 3.63) is 98.1 Å². The van der Waals surface area contributed by atoms with Crippen LogP contribution in [-0.2, 0) is 15.9 Å². The van der Waals surface area contributed by atoms with Gasteiger partial charge in [0.15, 0.2) is 5.78 Å². The fraction of sp³-hybridized carbons (Fsp3) is 0.0256. The lowest BCUT2D eigenvalue weighted by Gasteiger charge is -2.47. The van der Waals surface area contributed by atoms with Gasteiger partial charge in [0.2, 0.25) is 5.60 Å². The number of oxime groups is 1. The van der Waals surface area contributed by atoms with E-state index in [4.69, 9.17) is 9.99 Å². The van der Waals surface area contributed by atoms with Gasteiger partial charge >= 0.3 is 0 Å². The molecule has 1 aliphatic heterocycles. The molecule has 5 heteroatoms. The van der Waals surface area contributed by atoms with E-state index in [9.17, 15) is 10.5 Å². The molecule has 83 heavy (non-hydrogen) atoms. The van der Waals surface area contributed by atoms with Crippen LogP contribution in [0, 0.1) is 22.7 Å². The second-order valence-corrected chi connectivity index (χ2v) is 28.3. The van der Waals surface area contributed by atoms with Crippen molar-refractivity contribution in [2.24, 2.45) is 5.16 Å². The van der Waals surface area contributed by atoms with E-state index in [0.717, 1.165) is 11.3 Å². The van der Waals surface area contributed by atoms with Gasteiger partial charge in [-0.25, -0.2) is 0 Å². The highest BCUT2D eigenvalue weighted by atomic mass is 16.7. The highest BCUT2D eigenvalue weighted by molar-refractivity contribution is 6.82. The van der Waals surface area contributed by atoms with E-state index < -0.39 is 11.0 Å². The number of hydrogen-bond acceptors (Lipinski definition) is 5. The molecule has 30 aromatic rings. The molecule has 346 valence electrons. The van der Waals surface area contributed by atoms with Crippen molar-refractivity contribution in [1.29, 1.82) is 10.5 Å². The highest BCUT2D eigenvalue weighted by Gasteiger charge is 2.76. The Morgan fingerprint density at radius 1 is 0.325 bits per heavy atom. The number of carbonyl (C=O) groups is 1. The third-order valence-electron chi connectivity index (χ3n) is 27.6. The molecule has 0 unspecified atom stereocenters. The van der Waals surface area contributed by atoms with Crippen LogP contribution in [0.5, 0.6) is 0 Å². The van der Waals surface area contributed by atoms with E-state index in [0.29, 0.717) is 27.8 Å². The molecule has 0 radical (unpaired) electrons. The van der Waals surface area contributed by atoms with Crippen molar-refractivity contribution in [3.8, 4) is 12.1 Å². The number of carbonyl (C=O) groups excluding carboxylic acids is 1. The molecule has 0 bridgehead atoms. The van der Waals surface area contributed by atoms with Gasteiger partial charge in [0, 0.05) is 33.4 Å². The number of rotatable bonds is 1. The summed E-state index contributed by atoms with van der Waals surface area (Å²) in [5, 5.41) is 109. The maximum atomic E-state index is 15.4. The topological polar surface area (TPSA) is 86.2 Å². The standard InChI is InChI=1S/C78H7N3O2/c79-8-11(9-80)16-12-3-1-2-4-14(12)75(82)15-7-10(5-6-13(15)16)76-77-71-63-55-45-35-27-19-17-18-21-25-23(19)31-39-33(25)43-37-29(21)30-22(18)26-24-20(17)28(27)36-42-32(24)40-34(26)44-38(30)48-47(37)59-53(43)61-51(39)57(49(55)41(31)35)65(71)67(61)73-69(59)70-60(48)54(44)62-52(40)58-50(42)56(46(36)45)64(63)72(77)66(58)68(62)74(70)78(73,77)83-81-76/h1-7H. The van der Waals surface area contributed by atoms with E-state index in [1.54, 1.807) is 118 Å². The van der Waals surface area contributed by atoms with Crippen molar-refractivity contribution in [2.45, 2.75) is 11.0 Å². The number of hydrogen-bond donors (Lipinski definition) is 0. The molecule has 6 aliphatic rings.